The lowest BCUT2D eigenvalue weighted by molar-refractivity contribution is 0.0591. The molecule has 22 heavy (non-hydrogen) atoms. The number of hydrogen-bond acceptors (Lipinski definition) is 2. The van der Waals surface area contributed by atoms with Crippen molar-refractivity contribution in [3.8, 4) is 0 Å². The van der Waals surface area contributed by atoms with Gasteiger partial charge >= 0.3 is 0 Å². The summed E-state index contributed by atoms with van der Waals surface area (Å²) in [5.74, 6) is -0.382. The summed E-state index contributed by atoms with van der Waals surface area (Å²) >= 11 is 0. The molecule has 4 heteroatoms. The van der Waals surface area contributed by atoms with Crippen LogP contribution in [0.2, 0.25) is 0 Å². The molecular weight excluding hydrogens is 279 g/mol. The van der Waals surface area contributed by atoms with Gasteiger partial charge in [0.1, 0.15) is 5.82 Å². The van der Waals surface area contributed by atoms with Gasteiger partial charge in [-0.25, -0.2) is 4.39 Å². The average Bonchev–Trinajstić information content (AvgIpc) is 2.55. The minimum absolute atomic E-state index is 0.00467. The Hall–Kier alpha value is -2.20. The molecule has 1 fully saturated rings. The molecule has 2 unspecified atom stereocenters. The van der Waals surface area contributed by atoms with E-state index in [1.165, 1.54) is 12.1 Å². The molecule has 0 saturated carbocycles. The Kier molecular flexibility index (Phi) is 4.20. The van der Waals surface area contributed by atoms with Crippen molar-refractivity contribution in [1.29, 1.82) is 0 Å². The van der Waals surface area contributed by atoms with Crippen molar-refractivity contribution in [1.82, 2.24) is 10.2 Å². The molecule has 0 spiro atoms. The molecule has 1 amide bonds. The fourth-order valence-electron chi connectivity index (χ4n) is 2.87. The molecule has 3 nitrogen and oxygen atoms in total. The zero-order chi connectivity index (χ0) is 15.5. The summed E-state index contributed by atoms with van der Waals surface area (Å²) < 4.78 is 13.1. The van der Waals surface area contributed by atoms with Crippen molar-refractivity contribution in [3.63, 3.8) is 0 Å². The Bertz CT molecular complexity index is 642. The van der Waals surface area contributed by atoms with Crippen LogP contribution in [0.1, 0.15) is 28.9 Å². The molecule has 2 atom stereocenters. The van der Waals surface area contributed by atoms with Crippen molar-refractivity contribution in [2.75, 3.05) is 13.1 Å². The van der Waals surface area contributed by atoms with Crippen LogP contribution in [0.25, 0.3) is 0 Å². The predicted molar refractivity (Wildman–Crippen MR) is 84.1 cm³/mol. The summed E-state index contributed by atoms with van der Waals surface area (Å²) in [6, 6.07) is 16.0. The highest BCUT2D eigenvalue weighted by Gasteiger charge is 2.31. The highest BCUT2D eigenvalue weighted by molar-refractivity contribution is 5.94. The Morgan fingerprint density at radius 2 is 1.82 bits per heavy atom. The van der Waals surface area contributed by atoms with Crippen LogP contribution in [0.5, 0.6) is 0 Å². The Morgan fingerprint density at radius 1 is 1.14 bits per heavy atom. The molecule has 1 saturated heterocycles. The second-order valence-electron chi connectivity index (χ2n) is 5.70. The molecule has 1 aliphatic rings. The average molecular weight is 298 g/mol. The summed E-state index contributed by atoms with van der Waals surface area (Å²) in [6.07, 6.45) is 0. The zero-order valence-electron chi connectivity index (χ0n) is 12.5. The Labute approximate surface area is 129 Å². The van der Waals surface area contributed by atoms with Crippen molar-refractivity contribution < 1.29 is 9.18 Å². The van der Waals surface area contributed by atoms with E-state index in [-0.39, 0.29) is 23.8 Å². The first-order valence-electron chi connectivity index (χ1n) is 7.50. The number of piperazine rings is 1. The van der Waals surface area contributed by atoms with Gasteiger partial charge < -0.3 is 10.2 Å². The Morgan fingerprint density at radius 3 is 2.50 bits per heavy atom. The van der Waals surface area contributed by atoms with Gasteiger partial charge in [0.25, 0.3) is 5.91 Å². The monoisotopic (exact) mass is 298 g/mol. The van der Waals surface area contributed by atoms with Crippen molar-refractivity contribution in [2.45, 2.75) is 19.0 Å². The number of benzene rings is 2. The fraction of sp³-hybridized carbons (Fsp3) is 0.278. The maximum atomic E-state index is 13.1. The summed E-state index contributed by atoms with van der Waals surface area (Å²) in [7, 11) is 0. The normalized spacial score (nSPS) is 21.6. The quantitative estimate of drug-likeness (QED) is 0.924. The number of nitrogens with one attached hydrogen (secondary N) is 1. The number of nitrogens with zero attached hydrogens (tertiary/aromatic N) is 1. The van der Waals surface area contributed by atoms with Crippen molar-refractivity contribution in [2.24, 2.45) is 0 Å². The molecule has 2 aromatic carbocycles. The molecule has 0 radical (unpaired) electrons. The molecule has 1 N–H and O–H groups in total. The van der Waals surface area contributed by atoms with Gasteiger partial charge in [-0.15, -0.1) is 0 Å². The topological polar surface area (TPSA) is 32.3 Å². The molecule has 1 heterocycles. The molecule has 0 aliphatic carbocycles. The number of carbonyl (C=O) groups is 1. The standard InChI is InChI=1S/C18H19FN2O/c1-13-12-21(18(22)15-7-9-16(19)10-8-15)17(11-20-13)14-5-3-2-4-6-14/h2-10,13,17,20H,11-12H2,1H3. The molecule has 1 aliphatic heterocycles. The minimum Gasteiger partial charge on any atom is -0.329 e. The largest absolute Gasteiger partial charge is 0.329 e. The third kappa shape index (κ3) is 3.02. The van der Waals surface area contributed by atoms with Gasteiger partial charge in [-0.2, -0.15) is 0 Å². The molecular formula is C18H19FN2O. The van der Waals surface area contributed by atoms with Crippen LogP contribution in [-0.4, -0.2) is 29.9 Å². The third-order valence-corrected chi connectivity index (χ3v) is 4.04. The number of amides is 1. The second-order valence-corrected chi connectivity index (χ2v) is 5.70. The highest BCUT2D eigenvalue weighted by Crippen LogP contribution is 2.25. The lowest BCUT2D eigenvalue weighted by Crippen LogP contribution is -2.53. The molecule has 2 aromatic rings. The second kappa shape index (κ2) is 6.28. The van der Waals surface area contributed by atoms with E-state index in [0.29, 0.717) is 12.1 Å². The van der Waals surface area contributed by atoms with Gasteiger partial charge in [0, 0.05) is 24.7 Å². The smallest absolute Gasteiger partial charge is 0.254 e. The lowest BCUT2D eigenvalue weighted by Gasteiger charge is -2.39. The number of rotatable bonds is 2. The van der Waals surface area contributed by atoms with E-state index in [4.69, 9.17) is 0 Å². The third-order valence-electron chi connectivity index (χ3n) is 4.04. The van der Waals surface area contributed by atoms with Crippen molar-refractivity contribution >= 4 is 5.91 Å². The van der Waals surface area contributed by atoms with E-state index in [2.05, 4.69) is 12.2 Å². The van der Waals surface area contributed by atoms with Crippen molar-refractivity contribution in [3.05, 3.63) is 71.5 Å². The molecule has 0 bridgehead atoms. The SMILES string of the molecule is CC1CN(C(=O)c2ccc(F)cc2)C(c2ccccc2)CN1. The van der Waals surface area contributed by atoms with Crippen LogP contribution >= 0.6 is 0 Å². The van der Waals surface area contributed by atoms with E-state index in [1.807, 2.05) is 35.2 Å². The van der Waals surface area contributed by atoms with Gasteiger partial charge in [0.05, 0.1) is 6.04 Å². The number of halogens is 1. The van der Waals surface area contributed by atoms with E-state index in [1.54, 1.807) is 12.1 Å². The number of hydrogen-bond donors (Lipinski definition) is 1. The van der Waals surface area contributed by atoms with E-state index in [9.17, 15) is 9.18 Å². The van der Waals surface area contributed by atoms with Gasteiger partial charge in [-0.1, -0.05) is 30.3 Å². The van der Waals surface area contributed by atoms with Gasteiger partial charge in [0.2, 0.25) is 0 Å². The minimum atomic E-state index is -0.329. The molecule has 0 aromatic heterocycles. The number of carbonyl (C=O) groups excluding carboxylic acids is 1. The summed E-state index contributed by atoms with van der Waals surface area (Å²) in [5, 5.41) is 3.42. The lowest BCUT2D eigenvalue weighted by atomic mass is 10.00. The van der Waals surface area contributed by atoms with Crippen LogP contribution in [0.4, 0.5) is 4.39 Å². The van der Waals surface area contributed by atoms with E-state index in [0.717, 1.165) is 12.1 Å². The maximum Gasteiger partial charge on any atom is 0.254 e. The first-order valence-corrected chi connectivity index (χ1v) is 7.50. The van der Waals surface area contributed by atoms with Crippen LogP contribution in [0, 0.1) is 5.82 Å². The highest BCUT2D eigenvalue weighted by atomic mass is 19.1. The zero-order valence-corrected chi connectivity index (χ0v) is 12.5. The molecule has 114 valence electrons. The summed E-state index contributed by atoms with van der Waals surface area (Å²) in [4.78, 5) is 14.7. The summed E-state index contributed by atoms with van der Waals surface area (Å²) in [6.45, 7) is 3.42. The summed E-state index contributed by atoms with van der Waals surface area (Å²) in [5.41, 5.74) is 1.63. The Balaban J connectivity index is 1.90. The van der Waals surface area contributed by atoms with Crippen LogP contribution < -0.4 is 5.32 Å². The first kappa shape index (κ1) is 14.7. The maximum absolute atomic E-state index is 13.1. The van der Waals surface area contributed by atoms with Gasteiger partial charge in [-0.3, -0.25) is 4.79 Å². The predicted octanol–water partition coefficient (Wildman–Crippen LogP) is 3.00. The van der Waals surface area contributed by atoms with Crippen LogP contribution in [-0.2, 0) is 0 Å². The van der Waals surface area contributed by atoms with E-state index < -0.39 is 0 Å². The van der Waals surface area contributed by atoms with Gasteiger partial charge in [0.15, 0.2) is 0 Å². The van der Waals surface area contributed by atoms with Crippen LogP contribution in [0.15, 0.2) is 54.6 Å². The van der Waals surface area contributed by atoms with E-state index >= 15 is 0 Å². The van der Waals surface area contributed by atoms with Gasteiger partial charge in [-0.05, 0) is 36.8 Å². The first-order chi connectivity index (χ1) is 10.6. The molecule has 3 rings (SSSR count). The van der Waals surface area contributed by atoms with Crippen LogP contribution in [0.3, 0.4) is 0 Å². The fourth-order valence-corrected chi connectivity index (χ4v) is 2.87.